The van der Waals surface area contributed by atoms with Gasteiger partial charge in [0.15, 0.2) is 0 Å². The fourth-order valence-corrected chi connectivity index (χ4v) is 4.31. The summed E-state index contributed by atoms with van der Waals surface area (Å²) in [4.78, 5) is 13.4. The summed E-state index contributed by atoms with van der Waals surface area (Å²) in [6, 6.07) is 9.31. The minimum atomic E-state index is -0.519. The second-order valence-corrected chi connectivity index (χ2v) is 8.02. The minimum absolute atomic E-state index is 0.00330. The Balaban J connectivity index is 1.52. The number of halogens is 2. The van der Waals surface area contributed by atoms with Gasteiger partial charge in [-0.3, -0.25) is 0 Å². The number of hydrogen-bond donors (Lipinski definition) is 2. The number of nitrogens with one attached hydrogen (secondary N) is 2. The molecular formula is C24H23F2N7O. The molecule has 2 aromatic heterocycles. The van der Waals surface area contributed by atoms with E-state index in [-0.39, 0.29) is 23.4 Å². The summed E-state index contributed by atoms with van der Waals surface area (Å²) >= 11 is 0. The summed E-state index contributed by atoms with van der Waals surface area (Å²) in [6.45, 7) is 1.75. The van der Waals surface area contributed by atoms with Crippen LogP contribution in [-0.4, -0.2) is 38.9 Å². The Bertz CT molecular complexity index is 1350. The summed E-state index contributed by atoms with van der Waals surface area (Å²) < 4.78 is 35.5. The van der Waals surface area contributed by atoms with Crippen molar-refractivity contribution in [1.29, 1.82) is 0 Å². The van der Waals surface area contributed by atoms with Crippen LogP contribution in [0.15, 0.2) is 42.7 Å². The Kier molecular flexibility index (Phi) is 5.56. The van der Waals surface area contributed by atoms with Crippen molar-refractivity contribution in [3.8, 4) is 11.4 Å². The standard InChI is InChI=1S/C24H23F2N7O/c1-13-28-12-33(32-13)20-10-18(26)19(11-21(20)34-3)29-24-30-22-16(14-4-6-15(25)7-5-14)8-9-17(22)23(27-2)31-24/h4-7,10-12,16H,8-9H2,1-3H3,(H2,27,29,30,31). The fourth-order valence-electron chi connectivity index (χ4n) is 4.31. The highest BCUT2D eigenvalue weighted by Crippen LogP contribution is 2.40. The van der Waals surface area contributed by atoms with Gasteiger partial charge in [-0.25, -0.2) is 23.4 Å². The minimum Gasteiger partial charge on any atom is -0.494 e. The van der Waals surface area contributed by atoms with Crippen molar-refractivity contribution in [3.63, 3.8) is 0 Å². The average Bonchev–Trinajstić information content (AvgIpc) is 3.46. The van der Waals surface area contributed by atoms with Crippen molar-refractivity contribution < 1.29 is 13.5 Å². The molecule has 5 rings (SSSR count). The first kappa shape index (κ1) is 21.7. The van der Waals surface area contributed by atoms with E-state index in [1.54, 1.807) is 26.1 Å². The van der Waals surface area contributed by atoms with Gasteiger partial charge >= 0.3 is 0 Å². The molecule has 1 unspecified atom stereocenters. The van der Waals surface area contributed by atoms with Gasteiger partial charge < -0.3 is 15.4 Å². The molecule has 1 aliphatic rings. The lowest BCUT2D eigenvalue weighted by Crippen LogP contribution is -2.09. The number of fused-ring (bicyclic) bond motifs is 1. The zero-order chi connectivity index (χ0) is 23.8. The molecule has 0 radical (unpaired) electrons. The lowest BCUT2D eigenvalue weighted by Gasteiger charge is -2.16. The zero-order valence-electron chi connectivity index (χ0n) is 18.9. The first-order valence-corrected chi connectivity index (χ1v) is 10.8. The van der Waals surface area contributed by atoms with Gasteiger partial charge in [0.05, 0.1) is 18.5 Å². The summed E-state index contributed by atoms with van der Waals surface area (Å²) in [5.41, 5.74) is 3.42. The molecule has 34 heavy (non-hydrogen) atoms. The Morgan fingerprint density at radius 2 is 1.91 bits per heavy atom. The van der Waals surface area contributed by atoms with E-state index >= 15 is 4.39 Å². The number of anilines is 3. The molecule has 4 aromatic rings. The van der Waals surface area contributed by atoms with Crippen LogP contribution < -0.4 is 15.4 Å². The van der Waals surface area contributed by atoms with Crippen LogP contribution in [0.2, 0.25) is 0 Å². The molecule has 174 valence electrons. The van der Waals surface area contributed by atoms with Crippen molar-refractivity contribution in [2.45, 2.75) is 25.7 Å². The van der Waals surface area contributed by atoms with Gasteiger partial charge in [0.1, 0.15) is 41.0 Å². The molecule has 8 nitrogen and oxygen atoms in total. The van der Waals surface area contributed by atoms with E-state index in [9.17, 15) is 4.39 Å². The molecular weight excluding hydrogens is 440 g/mol. The van der Waals surface area contributed by atoms with E-state index in [4.69, 9.17) is 9.72 Å². The molecule has 0 saturated heterocycles. The van der Waals surface area contributed by atoms with Crippen molar-refractivity contribution in [3.05, 3.63) is 77.0 Å². The van der Waals surface area contributed by atoms with E-state index in [1.807, 2.05) is 0 Å². The number of aryl methyl sites for hydroxylation is 1. The van der Waals surface area contributed by atoms with E-state index in [1.165, 1.54) is 42.4 Å². The molecule has 2 N–H and O–H groups in total. The molecule has 1 atom stereocenters. The summed E-state index contributed by atoms with van der Waals surface area (Å²) in [5, 5.41) is 10.3. The summed E-state index contributed by atoms with van der Waals surface area (Å²) in [7, 11) is 3.29. The van der Waals surface area contributed by atoms with Gasteiger partial charge in [0.2, 0.25) is 5.95 Å². The maximum absolute atomic E-state index is 15.1. The van der Waals surface area contributed by atoms with Crippen LogP contribution in [-0.2, 0) is 6.42 Å². The predicted molar refractivity (Wildman–Crippen MR) is 124 cm³/mol. The molecule has 2 heterocycles. The van der Waals surface area contributed by atoms with Gasteiger partial charge in [0.25, 0.3) is 0 Å². The van der Waals surface area contributed by atoms with Crippen molar-refractivity contribution >= 4 is 17.5 Å². The van der Waals surface area contributed by atoms with Crippen LogP contribution in [0.4, 0.5) is 26.2 Å². The second-order valence-electron chi connectivity index (χ2n) is 8.02. The number of benzene rings is 2. The number of rotatable bonds is 6. The number of ether oxygens (including phenoxy) is 1. The van der Waals surface area contributed by atoms with Gasteiger partial charge in [-0.1, -0.05) is 12.1 Å². The monoisotopic (exact) mass is 463 g/mol. The third-order valence-electron chi connectivity index (χ3n) is 5.93. The van der Waals surface area contributed by atoms with Crippen LogP contribution in [0.25, 0.3) is 5.69 Å². The van der Waals surface area contributed by atoms with Crippen molar-refractivity contribution in [2.24, 2.45) is 0 Å². The predicted octanol–water partition coefficient (Wildman–Crippen LogP) is 4.52. The highest BCUT2D eigenvalue weighted by molar-refractivity contribution is 5.64. The number of nitrogens with zero attached hydrogens (tertiary/aromatic N) is 5. The third-order valence-corrected chi connectivity index (χ3v) is 5.93. The Morgan fingerprint density at radius 3 is 2.59 bits per heavy atom. The van der Waals surface area contributed by atoms with Gasteiger partial charge in [-0.05, 0) is 37.5 Å². The van der Waals surface area contributed by atoms with Crippen LogP contribution in [0.5, 0.6) is 5.75 Å². The third kappa shape index (κ3) is 3.91. The van der Waals surface area contributed by atoms with Crippen LogP contribution in [0.3, 0.4) is 0 Å². The molecule has 1 aliphatic carbocycles. The highest BCUT2D eigenvalue weighted by Gasteiger charge is 2.29. The van der Waals surface area contributed by atoms with E-state index < -0.39 is 5.82 Å². The van der Waals surface area contributed by atoms with Crippen LogP contribution >= 0.6 is 0 Å². The Morgan fingerprint density at radius 1 is 1.12 bits per heavy atom. The topological polar surface area (TPSA) is 89.8 Å². The molecule has 0 aliphatic heterocycles. The van der Waals surface area contributed by atoms with Crippen LogP contribution in [0.1, 0.15) is 35.0 Å². The largest absolute Gasteiger partial charge is 0.494 e. The zero-order valence-corrected chi connectivity index (χ0v) is 18.9. The average molecular weight is 463 g/mol. The first-order chi connectivity index (χ1) is 16.5. The lowest BCUT2D eigenvalue weighted by molar-refractivity contribution is 0.410. The second kappa shape index (κ2) is 8.69. The van der Waals surface area contributed by atoms with Gasteiger partial charge in [-0.2, -0.15) is 10.1 Å². The molecule has 0 amide bonds. The normalized spacial score (nSPS) is 14.7. The van der Waals surface area contributed by atoms with E-state index in [2.05, 4.69) is 25.7 Å². The SMILES string of the molecule is CNc1nc(Nc2cc(OC)c(-n3cnc(C)n3)cc2F)nc2c1CCC2c1ccc(F)cc1. The maximum Gasteiger partial charge on any atom is 0.229 e. The first-order valence-electron chi connectivity index (χ1n) is 10.8. The molecule has 10 heteroatoms. The Labute approximate surface area is 195 Å². The smallest absolute Gasteiger partial charge is 0.229 e. The number of aromatic nitrogens is 5. The number of hydrogen-bond acceptors (Lipinski definition) is 7. The molecule has 0 fully saturated rings. The molecule has 0 saturated carbocycles. The molecule has 0 bridgehead atoms. The highest BCUT2D eigenvalue weighted by atomic mass is 19.1. The van der Waals surface area contributed by atoms with Gasteiger partial charge in [0, 0.05) is 30.7 Å². The van der Waals surface area contributed by atoms with Crippen molar-refractivity contribution in [2.75, 3.05) is 24.8 Å². The maximum atomic E-state index is 15.1. The van der Waals surface area contributed by atoms with E-state index in [0.717, 1.165) is 29.7 Å². The van der Waals surface area contributed by atoms with Crippen molar-refractivity contribution in [1.82, 2.24) is 24.7 Å². The summed E-state index contributed by atoms with van der Waals surface area (Å²) in [5.74, 6) is 1.11. The molecule has 0 spiro atoms. The van der Waals surface area contributed by atoms with Crippen LogP contribution in [0, 0.1) is 18.6 Å². The molecule has 2 aromatic carbocycles. The Hall–Kier alpha value is -4.08. The summed E-state index contributed by atoms with van der Waals surface area (Å²) in [6.07, 6.45) is 3.13. The number of methoxy groups -OCH3 is 1. The van der Waals surface area contributed by atoms with E-state index in [0.29, 0.717) is 23.1 Å². The quantitative estimate of drug-likeness (QED) is 0.435. The lowest BCUT2D eigenvalue weighted by atomic mass is 9.97. The fraction of sp³-hybridized carbons (Fsp3) is 0.250. The van der Waals surface area contributed by atoms with Gasteiger partial charge in [-0.15, -0.1) is 0 Å².